The summed E-state index contributed by atoms with van der Waals surface area (Å²) in [6.45, 7) is 10.2. The van der Waals surface area contributed by atoms with E-state index in [-0.39, 0.29) is 17.9 Å². The first kappa shape index (κ1) is 23.3. The molecule has 5 nitrogen and oxygen atoms in total. The van der Waals surface area contributed by atoms with Gasteiger partial charge in [-0.05, 0) is 48.5 Å². The Morgan fingerprint density at radius 3 is 2.59 bits per heavy atom. The lowest BCUT2D eigenvalue weighted by molar-refractivity contribution is -0.123. The molecular formula is C26H37N3O2S. The summed E-state index contributed by atoms with van der Waals surface area (Å²) in [6, 6.07) is 12.6. The predicted molar refractivity (Wildman–Crippen MR) is 131 cm³/mol. The maximum absolute atomic E-state index is 13.1. The van der Waals surface area contributed by atoms with Crippen LogP contribution >= 0.6 is 11.3 Å². The smallest absolute Gasteiger partial charge is 0.224 e. The van der Waals surface area contributed by atoms with Crippen molar-refractivity contribution in [3.63, 3.8) is 0 Å². The molecule has 1 N–H and O–H groups in total. The van der Waals surface area contributed by atoms with Crippen LogP contribution in [0.2, 0.25) is 0 Å². The topological polar surface area (TPSA) is 44.8 Å². The highest BCUT2D eigenvalue weighted by molar-refractivity contribution is 7.10. The van der Waals surface area contributed by atoms with Crippen LogP contribution in [-0.4, -0.2) is 62.1 Å². The molecule has 0 radical (unpaired) electrons. The molecule has 174 valence electrons. The van der Waals surface area contributed by atoms with E-state index in [0.29, 0.717) is 11.8 Å². The molecule has 1 aromatic heterocycles. The number of benzene rings is 1. The molecule has 1 saturated carbocycles. The van der Waals surface area contributed by atoms with E-state index in [1.165, 1.54) is 4.88 Å². The van der Waals surface area contributed by atoms with E-state index in [4.69, 9.17) is 4.74 Å². The van der Waals surface area contributed by atoms with Crippen LogP contribution in [0.1, 0.15) is 49.1 Å². The van der Waals surface area contributed by atoms with Crippen LogP contribution in [0.4, 0.5) is 0 Å². The van der Waals surface area contributed by atoms with Crippen molar-refractivity contribution in [1.82, 2.24) is 15.1 Å². The Balaban J connectivity index is 1.41. The second-order valence-electron chi connectivity index (χ2n) is 9.52. The zero-order valence-corrected chi connectivity index (χ0v) is 20.4. The molecule has 0 bridgehead atoms. The number of nitrogens with one attached hydrogen (secondary N) is 1. The minimum absolute atomic E-state index is 0.000827. The van der Waals surface area contributed by atoms with Gasteiger partial charge < -0.3 is 15.0 Å². The van der Waals surface area contributed by atoms with Crippen molar-refractivity contribution >= 4 is 17.2 Å². The van der Waals surface area contributed by atoms with E-state index >= 15 is 0 Å². The summed E-state index contributed by atoms with van der Waals surface area (Å²) in [6.07, 6.45) is 2.08. The van der Waals surface area contributed by atoms with E-state index in [2.05, 4.69) is 65.7 Å². The van der Waals surface area contributed by atoms with Gasteiger partial charge in [-0.2, -0.15) is 0 Å². The van der Waals surface area contributed by atoms with Gasteiger partial charge >= 0.3 is 0 Å². The molecule has 4 rings (SSSR count). The molecule has 32 heavy (non-hydrogen) atoms. The lowest BCUT2D eigenvalue weighted by Gasteiger charge is -2.35. The van der Waals surface area contributed by atoms with Crippen molar-refractivity contribution in [3.05, 3.63) is 52.2 Å². The van der Waals surface area contributed by atoms with Crippen LogP contribution in [0.5, 0.6) is 5.75 Å². The molecule has 6 heteroatoms. The van der Waals surface area contributed by atoms with Crippen LogP contribution in [0.15, 0.2) is 41.8 Å². The summed E-state index contributed by atoms with van der Waals surface area (Å²) in [4.78, 5) is 19.3. The fraction of sp³-hybridized carbons (Fsp3) is 0.577. The van der Waals surface area contributed by atoms with E-state index in [9.17, 15) is 4.79 Å². The number of carbonyl (C=O) groups excluding carboxylic acids is 1. The fourth-order valence-corrected chi connectivity index (χ4v) is 5.16. The van der Waals surface area contributed by atoms with Gasteiger partial charge in [0.15, 0.2) is 0 Å². The molecule has 2 aromatic rings. The standard InChI is InChI=1S/C26H37N3O2S/c1-4-19(2)18-31-21-9-7-20(8-10-21)24(17-29-13-11-28(3)12-14-29)27-26(30)23-16-22(23)25-6-5-15-32-25/h5-10,15,19,22-24H,4,11-14,16-18H2,1-3H3,(H,27,30)/t19-,22-,23?,24-/m0/s1. The summed E-state index contributed by atoms with van der Waals surface area (Å²) in [5, 5.41) is 5.49. The van der Waals surface area contributed by atoms with Crippen LogP contribution in [0, 0.1) is 11.8 Å². The summed E-state index contributed by atoms with van der Waals surface area (Å²) >= 11 is 1.76. The van der Waals surface area contributed by atoms with Crippen LogP contribution in [0.25, 0.3) is 0 Å². The molecule has 2 heterocycles. The number of rotatable bonds is 10. The van der Waals surface area contributed by atoms with Gasteiger partial charge in [0.2, 0.25) is 5.91 Å². The summed E-state index contributed by atoms with van der Waals surface area (Å²) in [7, 11) is 2.17. The van der Waals surface area contributed by atoms with E-state index in [0.717, 1.165) is 63.5 Å². The summed E-state index contributed by atoms with van der Waals surface area (Å²) < 4.78 is 5.94. The van der Waals surface area contributed by atoms with Crippen molar-refractivity contribution in [2.45, 2.75) is 38.6 Å². The van der Waals surface area contributed by atoms with Crippen molar-refractivity contribution in [3.8, 4) is 5.75 Å². The molecule has 1 aromatic carbocycles. The van der Waals surface area contributed by atoms with Gasteiger partial charge in [0.25, 0.3) is 0 Å². The van der Waals surface area contributed by atoms with Gasteiger partial charge in [-0.1, -0.05) is 38.5 Å². The molecule has 1 aliphatic heterocycles. The third-order valence-corrected chi connectivity index (χ3v) is 7.91. The van der Waals surface area contributed by atoms with Crippen molar-refractivity contribution in [2.24, 2.45) is 11.8 Å². The molecule has 4 atom stereocenters. The number of thiophene rings is 1. The number of hydrogen-bond acceptors (Lipinski definition) is 5. The normalized spacial score (nSPS) is 23.5. The van der Waals surface area contributed by atoms with Gasteiger partial charge in [0.1, 0.15) is 5.75 Å². The van der Waals surface area contributed by atoms with Crippen LogP contribution in [0.3, 0.4) is 0 Å². The highest BCUT2D eigenvalue weighted by Crippen LogP contribution is 2.49. The first-order valence-electron chi connectivity index (χ1n) is 12.0. The minimum atomic E-state index is -0.000827. The Morgan fingerprint density at radius 1 is 1.19 bits per heavy atom. The Bertz CT molecular complexity index is 846. The molecule has 2 fully saturated rings. The average Bonchev–Trinajstić information content (AvgIpc) is 3.43. The number of hydrogen-bond donors (Lipinski definition) is 1. The molecular weight excluding hydrogens is 418 g/mol. The van der Waals surface area contributed by atoms with Crippen molar-refractivity contribution < 1.29 is 9.53 Å². The monoisotopic (exact) mass is 455 g/mol. The first-order valence-corrected chi connectivity index (χ1v) is 12.9. The second-order valence-corrected chi connectivity index (χ2v) is 10.5. The zero-order valence-electron chi connectivity index (χ0n) is 19.6. The summed E-state index contributed by atoms with van der Waals surface area (Å²) in [5.74, 6) is 2.16. The molecule has 1 aliphatic carbocycles. The van der Waals surface area contributed by atoms with Crippen molar-refractivity contribution in [2.75, 3.05) is 46.4 Å². The highest BCUT2D eigenvalue weighted by Gasteiger charge is 2.45. The van der Waals surface area contributed by atoms with E-state index in [1.807, 2.05) is 12.1 Å². The van der Waals surface area contributed by atoms with Gasteiger partial charge in [0.05, 0.1) is 12.6 Å². The summed E-state index contributed by atoms with van der Waals surface area (Å²) in [5.41, 5.74) is 1.15. The third kappa shape index (κ3) is 6.12. The Morgan fingerprint density at radius 2 is 1.94 bits per heavy atom. The number of carbonyl (C=O) groups is 1. The van der Waals surface area contributed by atoms with Crippen LogP contribution in [-0.2, 0) is 4.79 Å². The lowest BCUT2D eigenvalue weighted by Crippen LogP contribution is -2.48. The van der Waals surface area contributed by atoms with Gasteiger partial charge in [-0.3, -0.25) is 9.69 Å². The molecule has 1 amide bonds. The maximum atomic E-state index is 13.1. The van der Waals surface area contributed by atoms with Crippen molar-refractivity contribution in [1.29, 1.82) is 0 Å². The largest absolute Gasteiger partial charge is 0.493 e. The van der Waals surface area contributed by atoms with E-state index < -0.39 is 0 Å². The minimum Gasteiger partial charge on any atom is -0.493 e. The second kappa shape index (κ2) is 10.8. The number of amides is 1. The number of likely N-dealkylation sites (N-methyl/N-ethyl adjacent to an activating group) is 1. The molecule has 2 aliphatic rings. The number of ether oxygens (including phenoxy) is 1. The Hall–Kier alpha value is -1.89. The first-order chi connectivity index (χ1) is 15.5. The predicted octanol–water partition coefficient (Wildman–Crippen LogP) is 4.38. The molecule has 1 unspecified atom stereocenters. The molecule has 1 saturated heterocycles. The highest BCUT2D eigenvalue weighted by atomic mass is 32.1. The maximum Gasteiger partial charge on any atom is 0.224 e. The van der Waals surface area contributed by atoms with Gasteiger partial charge in [-0.25, -0.2) is 0 Å². The molecule has 0 spiro atoms. The van der Waals surface area contributed by atoms with Crippen LogP contribution < -0.4 is 10.1 Å². The van der Waals surface area contributed by atoms with Gasteiger partial charge in [-0.15, -0.1) is 11.3 Å². The number of piperazine rings is 1. The quantitative estimate of drug-likeness (QED) is 0.577. The average molecular weight is 456 g/mol. The zero-order chi connectivity index (χ0) is 22.5. The third-order valence-electron chi connectivity index (χ3n) is 6.90. The number of nitrogens with zero attached hydrogens (tertiary/aromatic N) is 2. The lowest BCUT2D eigenvalue weighted by atomic mass is 10.0. The van der Waals surface area contributed by atoms with E-state index in [1.54, 1.807) is 11.3 Å². The Kier molecular flexibility index (Phi) is 7.87. The van der Waals surface area contributed by atoms with Gasteiger partial charge in [0, 0.05) is 49.4 Å². The fourth-order valence-electron chi connectivity index (χ4n) is 4.26. The Labute approximate surface area is 196 Å². The SMILES string of the molecule is CC[C@H](C)COc1ccc([C@H](CN2CCN(C)CC2)NC(=O)C2C[C@@H]2c2cccs2)cc1.